The largest absolute Gasteiger partial charge is 0.490 e. The molecule has 1 heterocycles. The molecule has 0 atom stereocenters. The zero-order chi connectivity index (χ0) is 28.7. The van der Waals surface area contributed by atoms with E-state index in [0.717, 1.165) is 6.26 Å². The third-order valence-electron chi connectivity index (χ3n) is 5.02. The first-order valence-electron chi connectivity index (χ1n) is 10.7. The highest BCUT2D eigenvalue weighted by Crippen LogP contribution is 2.25. The molecule has 1 fully saturated rings. The highest BCUT2D eigenvalue weighted by atomic mass is 35.5. The maximum absolute atomic E-state index is 12.3. The van der Waals surface area contributed by atoms with Crippen LogP contribution < -0.4 is 14.9 Å². The van der Waals surface area contributed by atoms with Crippen molar-refractivity contribution in [3.05, 3.63) is 53.1 Å². The minimum Gasteiger partial charge on any atom is -0.478 e. The van der Waals surface area contributed by atoms with Gasteiger partial charge in [0.1, 0.15) is 0 Å². The number of carboxylic acids is 2. The van der Waals surface area contributed by atoms with Crippen molar-refractivity contribution in [3.8, 4) is 0 Å². The van der Waals surface area contributed by atoms with Crippen molar-refractivity contribution in [2.75, 3.05) is 53.9 Å². The molecule has 0 unspecified atom stereocenters. The summed E-state index contributed by atoms with van der Waals surface area (Å²) in [6.45, 7) is 2.63. The lowest BCUT2D eigenvalue weighted by molar-refractivity contribution is -0.192. The number of carbonyl (C=O) groups excluding carboxylic acids is 1. The number of alkyl halides is 3. The number of anilines is 3. The topological polar surface area (TPSA) is 156 Å². The van der Waals surface area contributed by atoms with E-state index in [2.05, 4.69) is 10.0 Å². The lowest BCUT2D eigenvalue weighted by atomic mass is 10.1. The molecule has 3 rings (SSSR count). The van der Waals surface area contributed by atoms with Gasteiger partial charge in [-0.25, -0.2) is 18.0 Å². The number of halogens is 4. The highest BCUT2D eigenvalue weighted by Gasteiger charge is 2.38. The normalized spacial score (nSPS) is 14.2. The molecule has 1 aliphatic rings. The van der Waals surface area contributed by atoms with E-state index in [1.807, 2.05) is 9.80 Å². The third kappa shape index (κ3) is 9.72. The van der Waals surface area contributed by atoms with E-state index < -0.39 is 28.1 Å². The van der Waals surface area contributed by atoms with Gasteiger partial charge in [0, 0.05) is 31.9 Å². The van der Waals surface area contributed by atoms with E-state index in [0.29, 0.717) is 42.6 Å². The van der Waals surface area contributed by atoms with Crippen molar-refractivity contribution in [2.24, 2.45) is 0 Å². The summed E-state index contributed by atoms with van der Waals surface area (Å²) in [6.07, 6.45) is -4.12. The Morgan fingerprint density at radius 3 is 2.08 bits per heavy atom. The molecule has 1 aliphatic heterocycles. The van der Waals surface area contributed by atoms with Crippen molar-refractivity contribution in [3.63, 3.8) is 0 Å². The second-order valence-electron chi connectivity index (χ2n) is 8.00. The van der Waals surface area contributed by atoms with E-state index in [9.17, 15) is 36.3 Å². The summed E-state index contributed by atoms with van der Waals surface area (Å²) in [6, 6.07) is 11.6. The van der Waals surface area contributed by atoms with Crippen molar-refractivity contribution in [1.82, 2.24) is 4.90 Å². The Hall–Kier alpha value is -3.56. The van der Waals surface area contributed by atoms with Crippen molar-refractivity contribution < 1.29 is 46.2 Å². The van der Waals surface area contributed by atoms with Crippen LogP contribution in [0.1, 0.15) is 10.4 Å². The Labute approximate surface area is 220 Å². The van der Waals surface area contributed by atoms with Crippen molar-refractivity contribution in [1.29, 1.82) is 0 Å². The smallest absolute Gasteiger partial charge is 0.478 e. The number of sulfonamides is 1. The first kappa shape index (κ1) is 30.7. The van der Waals surface area contributed by atoms with Crippen LogP contribution in [0, 0.1) is 0 Å². The van der Waals surface area contributed by atoms with Crippen LogP contribution in [0.15, 0.2) is 42.5 Å². The monoisotopic (exact) mass is 580 g/mol. The standard InChI is InChI=1S/C20H23ClN4O5S.C2HF3O2/c1-31(29,30)23-17-7-6-14(12-15(17)20(27)28)25-10-8-24(9-11-25)13-19(26)22-18-5-3-2-4-16(18)21;3-2(4,5)1(6)7/h2-7,12,23H,8-11,13H2,1H3,(H,22,26)(H,27,28);(H,6,7). The van der Waals surface area contributed by atoms with Crippen LogP contribution >= 0.6 is 11.6 Å². The average molecular weight is 581 g/mol. The van der Waals surface area contributed by atoms with Crippen LogP contribution in [0.4, 0.5) is 30.2 Å². The zero-order valence-corrected chi connectivity index (χ0v) is 21.4. The predicted molar refractivity (Wildman–Crippen MR) is 134 cm³/mol. The first-order valence-corrected chi connectivity index (χ1v) is 13.0. The van der Waals surface area contributed by atoms with Gasteiger partial charge >= 0.3 is 18.1 Å². The molecule has 1 amide bonds. The molecular formula is C22H24ClF3N4O7S. The van der Waals surface area contributed by atoms with E-state index in [4.69, 9.17) is 21.5 Å². The van der Waals surface area contributed by atoms with Gasteiger partial charge in [0.15, 0.2) is 0 Å². The fourth-order valence-electron chi connectivity index (χ4n) is 3.31. The molecule has 0 aliphatic carbocycles. The number of aromatic carboxylic acids is 1. The number of benzene rings is 2. The lowest BCUT2D eigenvalue weighted by Gasteiger charge is -2.36. The van der Waals surface area contributed by atoms with E-state index >= 15 is 0 Å². The fraction of sp³-hybridized carbons (Fsp3) is 0.318. The SMILES string of the molecule is CS(=O)(=O)Nc1ccc(N2CCN(CC(=O)Nc3ccccc3Cl)CC2)cc1C(=O)O.O=C(O)C(F)(F)F. The molecule has 4 N–H and O–H groups in total. The van der Waals surface area contributed by atoms with Gasteiger partial charge in [-0.1, -0.05) is 23.7 Å². The molecule has 1 saturated heterocycles. The number of hydrogen-bond acceptors (Lipinski definition) is 7. The van der Waals surface area contributed by atoms with Gasteiger partial charge in [-0.05, 0) is 30.3 Å². The van der Waals surface area contributed by atoms with Crippen LogP contribution in [0.5, 0.6) is 0 Å². The van der Waals surface area contributed by atoms with Crippen LogP contribution in [0.25, 0.3) is 0 Å². The molecule has 38 heavy (non-hydrogen) atoms. The minimum absolute atomic E-state index is 0.0219. The lowest BCUT2D eigenvalue weighted by Crippen LogP contribution is -2.48. The van der Waals surface area contributed by atoms with Gasteiger partial charge in [-0.3, -0.25) is 14.4 Å². The van der Waals surface area contributed by atoms with Gasteiger partial charge in [-0.15, -0.1) is 0 Å². The molecule has 0 bridgehead atoms. The van der Waals surface area contributed by atoms with Gasteiger partial charge < -0.3 is 20.4 Å². The minimum atomic E-state index is -5.08. The second-order valence-corrected chi connectivity index (χ2v) is 10.2. The maximum atomic E-state index is 12.3. The molecular weight excluding hydrogens is 557 g/mol. The van der Waals surface area contributed by atoms with Crippen LogP contribution in [-0.4, -0.2) is 86.5 Å². The number of amides is 1. The van der Waals surface area contributed by atoms with Crippen LogP contribution in [0.3, 0.4) is 0 Å². The second kappa shape index (κ2) is 12.8. The molecule has 11 nitrogen and oxygen atoms in total. The molecule has 16 heteroatoms. The summed E-state index contributed by atoms with van der Waals surface area (Å²) in [5, 5.41) is 19.9. The number of nitrogens with zero attached hydrogens (tertiary/aromatic N) is 2. The van der Waals surface area contributed by atoms with Gasteiger partial charge in [0.25, 0.3) is 0 Å². The van der Waals surface area contributed by atoms with Crippen LogP contribution in [0.2, 0.25) is 5.02 Å². The first-order chi connectivity index (χ1) is 17.6. The zero-order valence-electron chi connectivity index (χ0n) is 19.8. The van der Waals surface area contributed by atoms with E-state index in [1.54, 1.807) is 30.3 Å². The molecule has 0 radical (unpaired) electrons. The molecule has 0 saturated carbocycles. The van der Waals surface area contributed by atoms with E-state index in [1.165, 1.54) is 12.1 Å². The fourth-order valence-corrected chi connectivity index (χ4v) is 4.07. The summed E-state index contributed by atoms with van der Waals surface area (Å²) < 4.78 is 56.9. The molecule has 0 aromatic heterocycles. The number of rotatable bonds is 7. The number of carboxylic acid groups (broad SMARTS) is 2. The third-order valence-corrected chi connectivity index (χ3v) is 5.94. The quantitative estimate of drug-likeness (QED) is 0.387. The number of nitrogens with one attached hydrogen (secondary N) is 2. The van der Waals surface area contributed by atoms with Crippen molar-refractivity contribution in [2.45, 2.75) is 6.18 Å². The Morgan fingerprint density at radius 2 is 1.58 bits per heavy atom. The number of para-hydroxylation sites is 1. The summed E-state index contributed by atoms with van der Waals surface area (Å²) >= 11 is 6.06. The van der Waals surface area contributed by atoms with Crippen LogP contribution in [-0.2, 0) is 19.6 Å². The Balaban J connectivity index is 0.000000638. The summed E-state index contributed by atoms with van der Waals surface area (Å²) in [5.41, 5.74) is 1.14. The molecule has 0 spiro atoms. The summed E-state index contributed by atoms with van der Waals surface area (Å²) in [4.78, 5) is 36.8. The van der Waals surface area contributed by atoms with Gasteiger partial charge in [-0.2, -0.15) is 13.2 Å². The number of hydrogen-bond donors (Lipinski definition) is 4. The van der Waals surface area contributed by atoms with E-state index in [-0.39, 0.29) is 23.7 Å². The van der Waals surface area contributed by atoms with Gasteiger partial charge in [0.05, 0.1) is 34.8 Å². The van der Waals surface area contributed by atoms with Crippen molar-refractivity contribution >= 4 is 56.5 Å². The predicted octanol–water partition coefficient (Wildman–Crippen LogP) is 2.80. The molecule has 208 valence electrons. The Kier molecular flexibility index (Phi) is 10.3. The highest BCUT2D eigenvalue weighted by molar-refractivity contribution is 7.92. The number of carbonyl (C=O) groups is 3. The summed E-state index contributed by atoms with van der Waals surface area (Å²) in [5.74, 6) is -4.14. The maximum Gasteiger partial charge on any atom is 0.490 e. The Morgan fingerprint density at radius 1 is 1.00 bits per heavy atom. The Bertz CT molecular complexity index is 1280. The number of piperazine rings is 1. The van der Waals surface area contributed by atoms with Gasteiger partial charge in [0.2, 0.25) is 15.9 Å². The molecule has 2 aromatic rings. The summed E-state index contributed by atoms with van der Waals surface area (Å²) in [7, 11) is -3.59. The average Bonchev–Trinajstić information content (AvgIpc) is 2.80. The molecule has 2 aromatic carbocycles. The number of aliphatic carboxylic acids is 1.